The standard InChI is InChI=1S/C27H21N7O8/c35-7-1-2-23(36)14-8-19(21-12-33(31-29-21)15-3-5-17(26(39)40)24(37)10-15)28-20(9-14)22-13-34(32-30-22)16-4-6-18(27(41)42)25(38)11-16/h3-6,8-13,35,37-38H,1-2,7H2,(H,39,40)(H,41,42). The molecule has 5 aromatic rings. The molecule has 0 fully saturated rings. The van der Waals surface area contributed by atoms with Crippen LogP contribution in [0.2, 0.25) is 0 Å². The summed E-state index contributed by atoms with van der Waals surface area (Å²) in [6.45, 7) is -0.166. The first-order chi connectivity index (χ1) is 20.1. The zero-order valence-electron chi connectivity index (χ0n) is 21.5. The molecular formula is C27H21N7O8. The molecule has 5 rings (SSSR count). The Morgan fingerprint density at radius 3 is 1.57 bits per heavy atom. The van der Waals surface area contributed by atoms with E-state index in [4.69, 9.17) is 10.2 Å². The van der Waals surface area contributed by atoms with Crippen molar-refractivity contribution in [1.29, 1.82) is 0 Å². The van der Waals surface area contributed by atoms with Gasteiger partial charge in [-0.3, -0.25) is 4.79 Å². The Hall–Kier alpha value is -5.96. The SMILES string of the molecule is O=C(CCCO)c1cc(-c2cn(-c3ccc(C(=O)O)c(O)c3)nn2)nc(-c2cn(-c3ccc(C(=O)O)c(O)c3)nn2)c1. The molecule has 42 heavy (non-hydrogen) atoms. The van der Waals surface area contributed by atoms with Gasteiger partial charge in [0.05, 0.1) is 35.2 Å². The van der Waals surface area contributed by atoms with E-state index in [1.165, 1.54) is 70.3 Å². The van der Waals surface area contributed by atoms with Crippen LogP contribution in [0.1, 0.15) is 43.9 Å². The molecule has 0 radical (unpaired) electrons. The molecule has 0 unspecified atom stereocenters. The molecular weight excluding hydrogens is 550 g/mol. The minimum absolute atomic E-state index is 0.0726. The third-order valence-electron chi connectivity index (χ3n) is 6.17. The van der Waals surface area contributed by atoms with Gasteiger partial charge >= 0.3 is 11.9 Å². The van der Waals surface area contributed by atoms with Crippen LogP contribution in [0.15, 0.2) is 60.9 Å². The van der Waals surface area contributed by atoms with Crippen molar-refractivity contribution < 1.29 is 39.9 Å². The number of carbonyl (C=O) groups excluding carboxylic acids is 1. The van der Waals surface area contributed by atoms with Crippen molar-refractivity contribution in [1.82, 2.24) is 35.0 Å². The highest BCUT2D eigenvalue weighted by atomic mass is 16.4. The summed E-state index contributed by atoms with van der Waals surface area (Å²) >= 11 is 0. The summed E-state index contributed by atoms with van der Waals surface area (Å²) in [4.78, 5) is 39.9. The number of rotatable bonds is 10. The summed E-state index contributed by atoms with van der Waals surface area (Å²) in [7, 11) is 0. The normalized spacial score (nSPS) is 11.0. The number of pyridine rings is 1. The lowest BCUT2D eigenvalue weighted by atomic mass is 10.0. The molecule has 3 aromatic heterocycles. The van der Waals surface area contributed by atoms with Gasteiger partial charge in [0.2, 0.25) is 0 Å². The van der Waals surface area contributed by atoms with Crippen molar-refractivity contribution in [3.05, 3.63) is 77.6 Å². The third-order valence-corrected chi connectivity index (χ3v) is 6.17. The Balaban J connectivity index is 1.53. The summed E-state index contributed by atoms with van der Waals surface area (Å²) in [6, 6.07) is 10.8. The van der Waals surface area contributed by atoms with E-state index in [2.05, 4.69) is 25.6 Å². The molecule has 15 heteroatoms. The monoisotopic (exact) mass is 571 g/mol. The summed E-state index contributed by atoms with van der Waals surface area (Å²) in [5, 5.41) is 63.9. The van der Waals surface area contributed by atoms with Gasteiger partial charge in [-0.15, -0.1) is 10.2 Å². The highest BCUT2D eigenvalue weighted by Gasteiger charge is 2.18. The first kappa shape index (κ1) is 27.6. The summed E-state index contributed by atoms with van der Waals surface area (Å²) in [5.74, 6) is -3.75. The largest absolute Gasteiger partial charge is 0.507 e. The van der Waals surface area contributed by atoms with Gasteiger partial charge < -0.3 is 25.5 Å². The van der Waals surface area contributed by atoms with Gasteiger partial charge in [-0.05, 0) is 42.8 Å². The summed E-state index contributed by atoms with van der Waals surface area (Å²) in [6.07, 6.45) is 3.28. The van der Waals surface area contributed by atoms with Crippen LogP contribution >= 0.6 is 0 Å². The van der Waals surface area contributed by atoms with Gasteiger partial charge in [0.1, 0.15) is 34.0 Å². The summed E-state index contributed by atoms with van der Waals surface area (Å²) in [5.41, 5.74) is 1.35. The number of hydrogen-bond acceptors (Lipinski definition) is 11. The number of carboxylic acid groups (broad SMARTS) is 2. The van der Waals surface area contributed by atoms with Gasteiger partial charge in [-0.25, -0.2) is 23.9 Å². The van der Waals surface area contributed by atoms with E-state index in [1.807, 2.05) is 0 Å². The zero-order valence-corrected chi connectivity index (χ0v) is 21.5. The van der Waals surface area contributed by atoms with Gasteiger partial charge in [0, 0.05) is 30.7 Å². The molecule has 0 saturated carbocycles. The third kappa shape index (κ3) is 5.52. The number of carboxylic acids is 2. The second-order valence-electron chi connectivity index (χ2n) is 8.99. The maximum atomic E-state index is 12.9. The Bertz CT molecular complexity index is 1730. The Morgan fingerprint density at radius 1 is 0.690 bits per heavy atom. The molecule has 0 aliphatic carbocycles. The van der Waals surface area contributed by atoms with Gasteiger partial charge in [-0.1, -0.05) is 10.4 Å². The number of aromatic nitrogens is 7. The topological polar surface area (TPSA) is 227 Å². The minimum atomic E-state index is -1.29. The molecule has 0 amide bonds. The van der Waals surface area contributed by atoms with Gasteiger partial charge in [-0.2, -0.15) is 0 Å². The number of aliphatic hydroxyl groups excluding tert-OH is 1. The van der Waals surface area contributed by atoms with Gasteiger partial charge in [0.25, 0.3) is 0 Å². The Kier molecular flexibility index (Phi) is 7.40. The van der Waals surface area contributed by atoms with Crippen molar-refractivity contribution in [2.45, 2.75) is 12.8 Å². The molecule has 0 atom stereocenters. The first-order valence-corrected chi connectivity index (χ1v) is 12.3. The highest BCUT2D eigenvalue weighted by Crippen LogP contribution is 2.27. The van der Waals surface area contributed by atoms with E-state index in [-0.39, 0.29) is 64.7 Å². The number of Topliss-reactive ketones (excluding diaryl/α,β-unsaturated/α-hetero) is 1. The fourth-order valence-corrected chi connectivity index (χ4v) is 4.04. The lowest BCUT2D eigenvalue weighted by Crippen LogP contribution is -2.03. The second kappa shape index (κ2) is 11.3. The smallest absolute Gasteiger partial charge is 0.339 e. The Labute approximate surface area is 235 Å². The number of ketones is 1. The molecule has 0 spiro atoms. The predicted molar refractivity (Wildman–Crippen MR) is 143 cm³/mol. The van der Waals surface area contributed by atoms with E-state index in [9.17, 15) is 29.7 Å². The van der Waals surface area contributed by atoms with Crippen LogP contribution in [-0.2, 0) is 0 Å². The first-order valence-electron chi connectivity index (χ1n) is 12.3. The predicted octanol–water partition coefficient (Wildman–Crippen LogP) is 2.34. The quantitative estimate of drug-likeness (QED) is 0.152. The van der Waals surface area contributed by atoms with E-state index < -0.39 is 23.4 Å². The van der Waals surface area contributed by atoms with E-state index in [0.717, 1.165) is 0 Å². The van der Waals surface area contributed by atoms with Crippen molar-refractivity contribution in [3.63, 3.8) is 0 Å². The Morgan fingerprint density at radius 2 is 1.17 bits per heavy atom. The van der Waals surface area contributed by atoms with Crippen LogP contribution in [-0.4, -0.2) is 84.8 Å². The lowest BCUT2D eigenvalue weighted by Gasteiger charge is -2.06. The van der Waals surface area contributed by atoms with E-state index >= 15 is 0 Å². The number of benzene rings is 2. The molecule has 0 saturated heterocycles. The number of carbonyl (C=O) groups is 3. The van der Waals surface area contributed by atoms with Crippen molar-refractivity contribution >= 4 is 17.7 Å². The van der Waals surface area contributed by atoms with Crippen LogP contribution in [0.5, 0.6) is 11.5 Å². The number of aromatic hydroxyl groups is 2. The fraction of sp³-hybridized carbons (Fsp3) is 0.111. The molecule has 5 N–H and O–H groups in total. The van der Waals surface area contributed by atoms with Crippen molar-refractivity contribution in [3.8, 4) is 45.6 Å². The highest BCUT2D eigenvalue weighted by molar-refractivity contribution is 5.98. The zero-order chi connectivity index (χ0) is 30.0. The second-order valence-corrected chi connectivity index (χ2v) is 8.99. The number of hydrogen-bond donors (Lipinski definition) is 5. The van der Waals surface area contributed by atoms with Crippen LogP contribution in [0, 0.1) is 0 Å². The van der Waals surface area contributed by atoms with Crippen molar-refractivity contribution in [2.75, 3.05) is 6.61 Å². The fourth-order valence-electron chi connectivity index (χ4n) is 4.04. The maximum absolute atomic E-state index is 12.9. The molecule has 212 valence electrons. The molecule has 0 bridgehead atoms. The molecule has 0 aliphatic heterocycles. The van der Waals surface area contributed by atoms with Gasteiger partial charge in [0.15, 0.2) is 5.78 Å². The maximum Gasteiger partial charge on any atom is 0.339 e. The van der Waals surface area contributed by atoms with Crippen LogP contribution < -0.4 is 0 Å². The van der Waals surface area contributed by atoms with Crippen LogP contribution in [0.4, 0.5) is 0 Å². The summed E-state index contributed by atoms with van der Waals surface area (Å²) < 4.78 is 2.59. The number of aromatic carboxylic acids is 2. The number of phenols is 2. The number of aliphatic hydroxyl groups is 1. The average Bonchev–Trinajstić information content (AvgIpc) is 3.66. The lowest BCUT2D eigenvalue weighted by molar-refractivity contribution is 0.0682. The van der Waals surface area contributed by atoms with Crippen LogP contribution in [0.25, 0.3) is 34.2 Å². The molecule has 0 aliphatic rings. The number of nitrogens with zero attached hydrogens (tertiary/aromatic N) is 7. The molecule has 2 aromatic carbocycles. The molecule has 3 heterocycles. The van der Waals surface area contributed by atoms with Crippen LogP contribution in [0.3, 0.4) is 0 Å². The minimum Gasteiger partial charge on any atom is -0.507 e. The van der Waals surface area contributed by atoms with E-state index in [1.54, 1.807) is 0 Å². The van der Waals surface area contributed by atoms with E-state index in [0.29, 0.717) is 11.4 Å². The molecule has 15 nitrogen and oxygen atoms in total. The van der Waals surface area contributed by atoms with Crippen molar-refractivity contribution in [2.24, 2.45) is 0 Å². The average molecular weight is 572 g/mol.